The van der Waals surface area contributed by atoms with Crippen molar-refractivity contribution >= 4 is 40.9 Å². The van der Waals surface area contributed by atoms with Crippen LogP contribution >= 0.6 is 23.2 Å². The van der Waals surface area contributed by atoms with Crippen LogP contribution < -0.4 is 11.1 Å². The molecule has 3 N–H and O–H groups in total. The Bertz CT molecular complexity index is 1400. The summed E-state index contributed by atoms with van der Waals surface area (Å²) in [6.45, 7) is 0.803. The average Bonchev–Trinajstić information content (AvgIpc) is 3.37. The summed E-state index contributed by atoms with van der Waals surface area (Å²) in [6.07, 6.45) is -1.21. The normalized spacial score (nSPS) is 14.8. The zero-order valence-electron chi connectivity index (χ0n) is 19.7. The standard InChI is InChI=1S/C27H23Cl2N5O3/c28-22-8-7-21(13-23(22)29)27(37)34-10-9-33(26(36)20-6-2-4-18(12-20)15-31)25(34)24(35)32-16-19-5-1-3-17(11-19)14-30/h1-8,11-13,25H,9-10,14,16,30H2,(H,32,35). The molecule has 3 aromatic carbocycles. The second kappa shape index (κ2) is 11.4. The van der Waals surface area contributed by atoms with Crippen molar-refractivity contribution in [1.29, 1.82) is 5.26 Å². The maximum absolute atomic E-state index is 13.5. The molecule has 8 nitrogen and oxygen atoms in total. The molecule has 4 rings (SSSR count). The Morgan fingerprint density at radius 3 is 2.19 bits per heavy atom. The lowest BCUT2D eigenvalue weighted by molar-refractivity contribution is -0.128. The van der Waals surface area contributed by atoms with E-state index in [1.165, 1.54) is 34.1 Å². The van der Waals surface area contributed by atoms with Gasteiger partial charge in [0.05, 0.1) is 21.7 Å². The van der Waals surface area contributed by atoms with Crippen LogP contribution in [0.15, 0.2) is 66.7 Å². The molecular weight excluding hydrogens is 513 g/mol. The minimum atomic E-state index is -1.21. The Morgan fingerprint density at radius 1 is 0.892 bits per heavy atom. The number of hydrogen-bond donors (Lipinski definition) is 2. The number of hydrogen-bond acceptors (Lipinski definition) is 5. The van der Waals surface area contributed by atoms with E-state index in [4.69, 9.17) is 28.9 Å². The van der Waals surface area contributed by atoms with Crippen LogP contribution in [0.1, 0.15) is 37.4 Å². The Balaban J connectivity index is 1.63. The van der Waals surface area contributed by atoms with E-state index in [0.717, 1.165) is 11.1 Å². The van der Waals surface area contributed by atoms with Gasteiger partial charge >= 0.3 is 0 Å². The number of benzene rings is 3. The van der Waals surface area contributed by atoms with Crippen LogP contribution in [0, 0.1) is 11.3 Å². The smallest absolute Gasteiger partial charge is 0.264 e. The van der Waals surface area contributed by atoms with Gasteiger partial charge in [0.15, 0.2) is 6.17 Å². The average molecular weight is 536 g/mol. The van der Waals surface area contributed by atoms with Gasteiger partial charge < -0.3 is 20.9 Å². The van der Waals surface area contributed by atoms with Crippen molar-refractivity contribution in [1.82, 2.24) is 15.1 Å². The first-order chi connectivity index (χ1) is 17.8. The molecule has 0 aromatic heterocycles. The molecule has 1 atom stereocenters. The second-order valence-electron chi connectivity index (χ2n) is 8.43. The van der Waals surface area contributed by atoms with Crippen LogP contribution in [0.4, 0.5) is 0 Å². The zero-order chi connectivity index (χ0) is 26.5. The van der Waals surface area contributed by atoms with Crippen LogP contribution in [0.25, 0.3) is 0 Å². The second-order valence-corrected chi connectivity index (χ2v) is 9.25. The maximum Gasteiger partial charge on any atom is 0.264 e. The summed E-state index contributed by atoms with van der Waals surface area (Å²) in [6, 6.07) is 20.1. The van der Waals surface area contributed by atoms with Gasteiger partial charge in [-0.05, 0) is 47.5 Å². The summed E-state index contributed by atoms with van der Waals surface area (Å²) in [7, 11) is 0. The van der Waals surface area contributed by atoms with Crippen molar-refractivity contribution < 1.29 is 14.4 Å². The Kier molecular flexibility index (Phi) is 8.09. The molecule has 1 unspecified atom stereocenters. The van der Waals surface area contributed by atoms with E-state index in [-0.39, 0.29) is 35.8 Å². The number of nitriles is 1. The summed E-state index contributed by atoms with van der Waals surface area (Å²) in [4.78, 5) is 43.0. The molecule has 1 heterocycles. The summed E-state index contributed by atoms with van der Waals surface area (Å²) < 4.78 is 0. The van der Waals surface area contributed by atoms with Crippen molar-refractivity contribution in [2.45, 2.75) is 19.3 Å². The molecule has 1 aliphatic heterocycles. The van der Waals surface area contributed by atoms with Crippen LogP contribution in [0.3, 0.4) is 0 Å². The van der Waals surface area contributed by atoms with E-state index < -0.39 is 23.9 Å². The highest BCUT2D eigenvalue weighted by molar-refractivity contribution is 6.42. The number of nitrogens with one attached hydrogen (secondary N) is 1. The fourth-order valence-corrected chi connectivity index (χ4v) is 4.46. The highest BCUT2D eigenvalue weighted by atomic mass is 35.5. The van der Waals surface area contributed by atoms with Crippen molar-refractivity contribution in [2.24, 2.45) is 5.73 Å². The highest BCUT2D eigenvalue weighted by Gasteiger charge is 2.43. The fraction of sp³-hybridized carbons (Fsp3) is 0.185. The van der Waals surface area contributed by atoms with E-state index in [2.05, 4.69) is 5.32 Å². The molecule has 0 spiro atoms. The molecular formula is C27H23Cl2N5O3. The van der Waals surface area contributed by atoms with E-state index >= 15 is 0 Å². The van der Waals surface area contributed by atoms with Gasteiger partial charge in [-0.2, -0.15) is 5.26 Å². The number of carbonyl (C=O) groups excluding carboxylic acids is 3. The van der Waals surface area contributed by atoms with Gasteiger partial charge in [0.1, 0.15) is 0 Å². The maximum atomic E-state index is 13.5. The molecule has 0 radical (unpaired) electrons. The molecule has 1 aliphatic rings. The molecule has 188 valence electrons. The van der Waals surface area contributed by atoms with Crippen LogP contribution in [-0.4, -0.2) is 46.8 Å². The van der Waals surface area contributed by atoms with E-state index in [1.54, 1.807) is 18.2 Å². The van der Waals surface area contributed by atoms with Crippen molar-refractivity contribution in [3.05, 3.63) is 105 Å². The summed E-state index contributed by atoms with van der Waals surface area (Å²) in [5.74, 6) is -1.45. The first kappa shape index (κ1) is 26.2. The first-order valence-electron chi connectivity index (χ1n) is 11.4. The monoisotopic (exact) mass is 535 g/mol. The summed E-state index contributed by atoms with van der Waals surface area (Å²) >= 11 is 12.1. The number of rotatable bonds is 6. The third-order valence-electron chi connectivity index (χ3n) is 6.03. The minimum Gasteiger partial charge on any atom is -0.349 e. The lowest BCUT2D eigenvalue weighted by Crippen LogP contribution is -2.53. The first-order valence-corrected chi connectivity index (χ1v) is 12.2. The minimum absolute atomic E-state index is 0.128. The van der Waals surface area contributed by atoms with Crippen LogP contribution in [0.5, 0.6) is 0 Å². The van der Waals surface area contributed by atoms with Crippen LogP contribution in [-0.2, 0) is 17.9 Å². The predicted octanol–water partition coefficient (Wildman–Crippen LogP) is 3.56. The van der Waals surface area contributed by atoms with Crippen molar-refractivity contribution in [3.8, 4) is 6.07 Å². The SMILES string of the molecule is N#Cc1cccc(C(=O)N2CCN(C(=O)c3ccc(Cl)c(Cl)c3)C2C(=O)NCc2cccc(CN)c2)c1. The number of nitrogens with two attached hydrogens (primary N) is 1. The van der Waals surface area contributed by atoms with Gasteiger partial charge in [-0.3, -0.25) is 14.4 Å². The van der Waals surface area contributed by atoms with E-state index in [0.29, 0.717) is 17.1 Å². The van der Waals surface area contributed by atoms with Gasteiger partial charge in [0.2, 0.25) is 0 Å². The van der Waals surface area contributed by atoms with Gasteiger partial charge in [-0.1, -0.05) is 53.5 Å². The number of nitrogens with zero attached hydrogens (tertiary/aromatic N) is 3. The van der Waals surface area contributed by atoms with Crippen molar-refractivity contribution in [2.75, 3.05) is 13.1 Å². The molecule has 10 heteroatoms. The lowest BCUT2D eigenvalue weighted by Gasteiger charge is -2.29. The quantitative estimate of drug-likeness (QED) is 0.500. The zero-order valence-corrected chi connectivity index (χ0v) is 21.2. The van der Waals surface area contributed by atoms with Crippen LogP contribution in [0.2, 0.25) is 10.0 Å². The molecule has 37 heavy (non-hydrogen) atoms. The third kappa shape index (κ3) is 5.75. The van der Waals surface area contributed by atoms with Gasteiger partial charge in [0, 0.05) is 37.3 Å². The van der Waals surface area contributed by atoms with E-state index in [1.807, 2.05) is 30.3 Å². The molecule has 1 fully saturated rings. The Labute approximate surface area is 224 Å². The molecule has 1 saturated heterocycles. The Morgan fingerprint density at radius 2 is 1.54 bits per heavy atom. The summed E-state index contributed by atoms with van der Waals surface area (Å²) in [5, 5.41) is 12.6. The largest absolute Gasteiger partial charge is 0.349 e. The number of halogens is 2. The molecule has 3 aromatic rings. The number of carbonyl (C=O) groups is 3. The van der Waals surface area contributed by atoms with Gasteiger partial charge in [-0.25, -0.2) is 0 Å². The fourth-order valence-electron chi connectivity index (χ4n) is 4.17. The van der Waals surface area contributed by atoms with Gasteiger partial charge in [0.25, 0.3) is 17.7 Å². The molecule has 0 saturated carbocycles. The molecule has 3 amide bonds. The predicted molar refractivity (Wildman–Crippen MR) is 140 cm³/mol. The number of amides is 3. The van der Waals surface area contributed by atoms with E-state index in [9.17, 15) is 19.6 Å². The van der Waals surface area contributed by atoms with Crippen molar-refractivity contribution in [3.63, 3.8) is 0 Å². The summed E-state index contributed by atoms with van der Waals surface area (Å²) in [5.41, 5.74) is 8.26. The van der Waals surface area contributed by atoms with Gasteiger partial charge in [-0.15, -0.1) is 0 Å². The third-order valence-corrected chi connectivity index (χ3v) is 6.77. The Hall–Kier alpha value is -3.90. The molecule has 0 aliphatic carbocycles. The lowest BCUT2D eigenvalue weighted by atomic mass is 10.1. The molecule has 0 bridgehead atoms. The highest BCUT2D eigenvalue weighted by Crippen LogP contribution is 2.26. The topological polar surface area (TPSA) is 120 Å².